The number of ether oxygens (including phenoxy) is 2. The summed E-state index contributed by atoms with van der Waals surface area (Å²) >= 11 is 0. The van der Waals surface area contributed by atoms with Gasteiger partial charge in [0.15, 0.2) is 0 Å². The van der Waals surface area contributed by atoms with E-state index in [1.54, 1.807) is 0 Å². The van der Waals surface area contributed by atoms with Crippen LogP contribution >= 0.6 is 0 Å². The Morgan fingerprint density at radius 3 is 2.33 bits per heavy atom. The highest BCUT2D eigenvalue weighted by Gasteiger charge is 2.26. The van der Waals surface area contributed by atoms with Gasteiger partial charge in [-0.3, -0.25) is 0 Å². The molecule has 120 valence electrons. The molecule has 0 amide bonds. The molecule has 0 saturated carbocycles. The first kappa shape index (κ1) is 18.1. The van der Waals surface area contributed by atoms with Crippen molar-refractivity contribution in [3.05, 3.63) is 35.9 Å². The van der Waals surface area contributed by atoms with Gasteiger partial charge in [-0.2, -0.15) is 0 Å². The van der Waals surface area contributed by atoms with Crippen molar-refractivity contribution in [1.82, 2.24) is 5.32 Å². The Balaban J connectivity index is 2.75. The molecule has 0 aliphatic heterocycles. The van der Waals surface area contributed by atoms with Crippen LogP contribution in [0.4, 0.5) is 0 Å². The van der Waals surface area contributed by atoms with Crippen LogP contribution in [-0.4, -0.2) is 32.5 Å². The monoisotopic (exact) mass is 293 g/mol. The summed E-state index contributed by atoms with van der Waals surface area (Å²) in [5.41, 5.74) is 1.29. The molecule has 1 N–H and O–H groups in total. The Morgan fingerprint density at radius 2 is 1.76 bits per heavy atom. The second-order valence-corrected chi connectivity index (χ2v) is 5.62. The van der Waals surface area contributed by atoms with E-state index in [0.29, 0.717) is 19.1 Å². The summed E-state index contributed by atoms with van der Waals surface area (Å²) in [6, 6.07) is 10.8. The van der Waals surface area contributed by atoms with Crippen LogP contribution in [0.2, 0.25) is 0 Å². The van der Waals surface area contributed by atoms with E-state index in [1.807, 2.05) is 6.92 Å². The maximum atomic E-state index is 6.13. The van der Waals surface area contributed by atoms with Gasteiger partial charge in [0.1, 0.15) is 0 Å². The molecule has 0 aliphatic rings. The van der Waals surface area contributed by atoms with Gasteiger partial charge < -0.3 is 14.8 Å². The van der Waals surface area contributed by atoms with E-state index in [1.165, 1.54) is 5.56 Å². The maximum absolute atomic E-state index is 6.13. The smallest absolute Gasteiger partial charge is 0.0793 e. The minimum absolute atomic E-state index is 0.152. The average Bonchev–Trinajstić information content (AvgIpc) is 2.50. The van der Waals surface area contributed by atoms with Gasteiger partial charge >= 0.3 is 0 Å². The predicted molar refractivity (Wildman–Crippen MR) is 88.5 cm³/mol. The van der Waals surface area contributed by atoms with Crippen LogP contribution in [0.3, 0.4) is 0 Å². The summed E-state index contributed by atoms with van der Waals surface area (Å²) in [6.45, 7) is 11.7. The van der Waals surface area contributed by atoms with E-state index in [4.69, 9.17) is 9.47 Å². The zero-order valence-corrected chi connectivity index (χ0v) is 14.0. The van der Waals surface area contributed by atoms with Crippen molar-refractivity contribution in [3.8, 4) is 0 Å². The lowest BCUT2D eigenvalue weighted by molar-refractivity contribution is -0.0317. The lowest BCUT2D eigenvalue weighted by Crippen LogP contribution is -2.38. The molecule has 3 nitrogen and oxygen atoms in total. The van der Waals surface area contributed by atoms with Crippen molar-refractivity contribution < 1.29 is 9.47 Å². The quantitative estimate of drug-likeness (QED) is 0.629. The Morgan fingerprint density at radius 1 is 1.05 bits per heavy atom. The van der Waals surface area contributed by atoms with E-state index >= 15 is 0 Å². The zero-order chi connectivity index (χ0) is 15.5. The molecule has 3 heteroatoms. The molecule has 1 aromatic carbocycles. The number of nitrogens with one attached hydrogen (secondary N) is 1. The second-order valence-electron chi connectivity index (χ2n) is 5.62. The van der Waals surface area contributed by atoms with Crippen molar-refractivity contribution in [2.24, 2.45) is 5.92 Å². The summed E-state index contributed by atoms with van der Waals surface area (Å²) < 4.78 is 11.5. The highest BCUT2D eigenvalue weighted by molar-refractivity contribution is 5.20. The summed E-state index contributed by atoms with van der Waals surface area (Å²) in [6.07, 6.45) is 1.27. The minimum Gasteiger partial charge on any atom is -0.379 e. The van der Waals surface area contributed by atoms with Gasteiger partial charge in [0.25, 0.3) is 0 Å². The molecule has 0 radical (unpaired) electrons. The first-order chi connectivity index (χ1) is 10.2. The van der Waals surface area contributed by atoms with Crippen LogP contribution in [0.1, 0.15) is 45.7 Å². The zero-order valence-electron chi connectivity index (χ0n) is 14.0. The van der Waals surface area contributed by atoms with Gasteiger partial charge in [-0.25, -0.2) is 0 Å². The highest BCUT2D eigenvalue weighted by Crippen LogP contribution is 2.24. The van der Waals surface area contributed by atoms with Crippen LogP contribution in [0.25, 0.3) is 0 Å². The minimum atomic E-state index is 0.152. The topological polar surface area (TPSA) is 30.5 Å². The molecule has 2 unspecified atom stereocenters. The lowest BCUT2D eigenvalue weighted by Gasteiger charge is -2.31. The molecule has 0 bridgehead atoms. The first-order valence-corrected chi connectivity index (χ1v) is 8.18. The predicted octanol–water partition coefficient (Wildman–Crippen LogP) is 3.81. The fourth-order valence-corrected chi connectivity index (χ4v) is 2.44. The van der Waals surface area contributed by atoms with Crippen molar-refractivity contribution in [3.63, 3.8) is 0 Å². The third kappa shape index (κ3) is 6.60. The molecule has 2 atom stereocenters. The second kappa shape index (κ2) is 10.8. The largest absolute Gasteiger partial charge is 0.379 e. The average molecular weight is 293 g/mol. The molecule has 0 fully saturated rings. The highest BCUT2D eigenvalue weighted by atomic mass is 16.5. The SMILES string of the molecule is CCCNC(c1ccccc1)C(OCCOCC)C(C)C. The van der Waals surface area contributed by atoms with E-state index < -0.39 is 0 Å². The van der Waals surface area contributed by atoms with E-state index in [-0.39, 0.29) is 12.1 Å². The van der Waals surface area contributed by atoms with Crippen LogP contribution in [0.5, 0.6) is 0 Å². The van der Waals surface area contributed by atoms with Crippen LogP contribution in [-0.2, 0) is 9.47 Å². The molecule has 21 heavy (non-hydrogen) atoms. The van der Waals surface area contributed by atoms with Crippen LogP contribution in [0.15, 0.2) is 30.3 Å². The fraction of sp³-hybridized carbons (Fsp3) is 0.667. The standard InChI is InChI=1S/C18H31NO2/c1-5-12-19-17(16-10-8-7-9-11-16)18(15(3)4)21-14-13-20-6-2/h7-11,15,17-19H,5-6,12-14H2,1-4H3. The number of benzene rings is 1. The molecule has 0 heterocycles. The van der Waals surface area contributed by atoms with Gasteiger partial charge in [0, 0.05) is 6.61 Å². The lowest BCUT2D eigenvalue weighted by atomic mass is 9.93. The Hall–Kier alpha value is -0.900. The molecular weight excluding hydrogens is 262 g/mol. The third-order valence-electron chi connectivity index (χ3n) is 3.50. The maximum Gasteiger partial charge on any atom is 0.0793 e. The number of hydrogen-bond donors (Lipinski definition) is 1. The van der Waals surface area contributed by atoms with Gasteiger partial charge in [0.05, 0.1) is 25.4 Å². The van der Waals surface area contributed by atoms with Crippen molar-refractivity contribution in [2.45, 2.75) is 46.3 Å². The molecular formula is C18H31NO2. The van der Waals surface area contributed by atoms with Gasteiger partial charge in [0.2, 0.25) is 0 Å². The van der Waals surface area contributed by atoms with Gasteiger partial charge in [-0.05, 0) is 31.4 Å². The van der Waals surface area contributed by atoms with E-state index in [2.05, 4.69) is 56.4 Å². The molecule has 0 aliphatic carbocycles. The summed E-state index contributed by atoms with van der Waals surface area (Å²) in [7, 11) is 0. The number of rotatable bonds is 11. The number of hydrogen-bond acceptors (Lipinski definition) is 3. The molecule has 0 spiro atoms. The van der Waals surface area contributed by atoms with Crippen LogP contribution < -0.4 is 5.32 Å². The van der Waals surface area contributed by atoms with E-state index in [9.17, 15) is 0 Å². The Kier molecular flexibility index (Phi) is 9.31. The van der Waals surface area contributed by atoms with Gasteiger partial charge in [-0.1, -0.05) is 51.1 Å². The molecule has 0 saturated heterocycles. The summed E-state index contributed by atoms with van der Waals surface area (Å²) in [5, 5.41) is 3.64. The summed E-state index contributed by atoms with van der Waals surface area (Å²) in [5.74, 6) is 0.446. The van der Waals surface area contributed by atoms with Crippen molar-refractivity contribution in [2.75, 3.05) is 26.4 Å². The molecule has 1 aromatic rings. The van der Waals surface area contributed by atoms with Crippen molar-refractivity contribution in [1.29, 1.82) is 0 Å². The Bertz CT molecular complexity index is 353. The molecule has 0 aromatic heterocycles. The molecule has 1 rings (SSSR count). The van der Waals surface area contributed by atoms with Crippen molar-refractivity contribution >= 4 is 0 Å². The summed E-state index contributed by atoms with van der Waals surface area (Å²) in [4.78, 5) is 0. The van der Waals surface area contributed by atoms with Gasteiger partial charge in [-0.15, -0.1) is 0 Å². The van der Waals surface area contributed by atoms with Crippen LogP contribution in [0, 0.1) is 5.92 Å². The first-order valence-electron chi connectivity index (χ1n) is 8.18. The Labute approximate surface area is 130 Å². The third-order valence-corrected chi connectivity index (χ3v) is 3.50. The fourth-order valence-electron chi connectivity index (χ4n) is 2.44. The normalized spacial score (nSPS) is 14.3. The van der Waals surface area contributed by atoms with E-state index in [0.717, 1.165) is 19.6 Å².